The van der Waals surface area contributed by atoms with Crippen LogP contribution >= 0.6 is 0 Å². The summed E-state index contributed by atoms with van der Waals surface area (Å²) in [6, 6.07) is 4.17. The molecule has 78 valence electrons. The van der Waals surface area contributed by atoms with E-state index in [0.29, 0.717) is 5.92 Å². The number of aromatic nitrogens is 1. The summed E-state index contributed by atoms with van der Waals surface area (Å²) in [5.41, 5.74) is 8.51. The van der Waals surface area contributed by atoms with Crippen LogP contribution in [-0.4, -0.2) is 4.98 Å². The maximum Gasteiger partial charge on any atom is 0.0605 e. The fourth-order valence-corrected chi connectivity index (χ4v) is 1.57. The smallest absolute Gasteiger partial charge is 0.0605 e. The lowest BCUT2D eigenvalue weighted by Gasteiger charge is -2.19. The average Bonchev–Trinajstić information content (AvgIpc) is 2.26. The Hall–Kier alpha value is -0.890. The van der Waals surface area contributed by atoms with Crippen molar-refractivity contribution in [1.82, 2.24) is 4.98 Å². The minimum absolute atomic E-state index is 0.0798. The van der Waals surface area contributed by atoms with Gasteiger partial charge in [0.2, 0.25) is 0 Å². The van der Waals surface area contributed by atoms with E-state index in [9.17, 15) is 0 Å². The summed E-state index contributed by atoms with van der Waals surface area (Å²) in [4.78, 5) is 4.39. The zero-order valence-corrected chi connectivity index (χ0v) is 9.33. The molecule has 2 N–H and O–H groups in total. The highest BCUT2D eigenvalue weighted by molar-refractivity contribution is 5.22. The zero-order valence-electron chi connectivity index (χ0n) is 9.33. The third-order valence-electron chi connectivity index (χ3n) is 2.88. The van der Waals surface area contributed by atoms with Gasteiger partial charge in [-0.2, -0.15) is 0 Å². The predicted octanol–water partition coefficient (Wildman–Crippen LogP) is 2.69. The summed E-state index contributed by atoms with van der Waals surface area (Å²) >= 11 is 0. The second-order valence-electron chi connectivity index (χ2n) is 3.81. The van der Waals surface area contributed by atoms with E-state index < -0.39 is 0 Å². The summed E-state index contributed by atoms with van der Waals surface area (Å²) in [6.07, 6.45) is 3.94. The lowest BCUT2D eigenvalue weighted by Crippen LogP contribution is -2.21. The number of nitrogens with two attached hydrogens (primary N) is 1. The highest BCUT2D eigenvalue weighted by Crippen LogP contribution is 2.22. The molecule has 0 amide bonds. The van der Waals surface area contributed by atoms with Crippen molar-refractivity contribution in [3.63, 3.8) is 0 Å². The lowest BCUT2D eigenvalue weighted by molar-refractivity contribution is 0.446. The van der Waals surface area contributed by atoms with Crippen molar-refractivity contribution in [2.75, 3.05) is 0 Å². The quantitative estimate of drug-likeness (QED) is 0.796. The lowest BCUT2D eigenvalue weighted by atomic mass is 9.93. The molecular formula is C12H20N2. The van der Waals surface area contributed by atoms with Gasteiger partial charge in [0.25, 0.3) is 0 Å². The molecule has 2 unspecified atom stereocenters. The van der Waals surface area contributed by atoms with E-state index >= 15 is 0 Å². The fraction of sp³-hybridized carbons (Fsp3) is 0.583. The molecule has 0 bridgehead atoms. The molecule has 1 aromatic rings. The normalized spacial score (nSPS) is 15.1. The molecule has 0 saturated heterocycles. The molecule has 0 aromatic carbocycles. The summed E-state index contributed by atoms with van der Waals surface area (Å²) in [5.74, 6) is 0.496. The van der Waals surface area contributed by atoms with Gasteiger partial charge in [-0.3, -0.25) is 4.98 Å². The van der Waals surface area contributed by atoms with Crippen LogP contribution in [0.3, 0.4) is 0 Å². The third kappa shape index (κ3) is 2.32. The summed E-state index contributed by atoms with van der Waals surface area (Å²) in [6.45, 7) is 6.49. The Balaban J connectivity index is 2.93. The second-order valence-corrected chi connectivity index (χ2v) is 3.81. The first kappa shape index (κ1) is 11.2. The Morgan fingerprint density at radius 3 is 2.71 bits per heavy atom. The van der Waals surface area contributed by atoms with E-state index in [4.69, 9.17) is 5.73 Å². The van der Waals surface area contributed by atoms with Gasteiger partial charge in [-0.05, 0) is 24.0 Å². The van der Waals surface area contributed by atoms with E-state index in [-0.39, 0.29) is 6.04 Å². The molecule has 2 nitrogen and oxygen atoms in total. The van der Waals surface area contributed by atoms with Gasteiger partial charge in [0.15, 0.2) is 0 Å². The van der Waals surface area contributed by atoms with Gasteiger partial charge >= 0.3 is 0 Å². The molecule has 0 spiro atoms. The minimum atomic E-state index is 0.0798. The standard InChI is InChI=1S/C12H20N2/c1-4-9(3)11(13)12-10(5-2)7-6-8-14-12/h6-9,11H,4-5,13H2,1-3H3. The van der Waals surface area contributed by atoms with Gasteiger partial charge in [0.1, 0.15) is 0 Å². The molecule has 2 heteroatoms. The number of aryl methyl sites for hydroxylation is 1. The van der Waals surface area contributed by atoms with Crippen molar-refractivity contribution in [1.29, 1.82) is 0 Å². The largest absolute Gasteiger partial charge is 0.322 e. The van der Waals surface area contributed by atoms with Crippen molar-refractivity contribution in [2.45, 2.75) is 39.7 Å². The number of rotatable bonds is 4. The molecule has 1 rings (SSSR count). The zero-order chi connectivity index (χ0) is 10.6. The molecule has 0 aliphatic rings. The Morgan fingerprint density at radius 1 is 1.43 bits per heavy atom. The first-order valence-electron chi connectivity index (χ1n) is 5.40. The van der Waals surface area contributed by atoms with Crippen LogP contribution in [0.2, 0.25) is 0 Å². The van der Waals surface area contributed by atoms with Crippen LogP contribution in [0.5, 0.6) is 0 Å². The Bertz CT molecular complexity index is 283. The monoisotopic (exact) mass is 192 g/mol. The Kier molecular flexibility index (Phi) is 4.08. The van der Waals surface area contributed by atoms with Gasteiger partial charge in [-0.1, -0.05) is 33.3 Å². The maximum atomic E-state index is 6.16. The number of hydrogen-bond acceptors (Lipinski definition) is 2. The minimum Gasteiger partial charge on any atom is -0.322 e. The SMILES string of the molecule is CCc1cccnc1C(N)C(C)CC. The summed E-state index contributed by atoms with van der Waals surface area (Å²) in [7, 11) is 0. The van der Waals surface area contributed by atoms with Crippen molar-refractivity contribution in [3.8, 4) is 0 Å². The molecule has 0 saturated carbocycles. The molecule has 2 atom stereocenters. The van der Waals surface area contributed by atoms with Crippen molar-refractivity contribution >= 4 is 0 Å². The molecule has 1 heterocycles. The third-order valence-corrected chi connectivity index (χ3v) is 2.88. The van der Waals surface area contributed by atoms with Crippen LogP contribution < -0.4 is 5.73 Å². The van der Waals surface area contributed by atoms with E-state index in [2.05, 4.69) is 31.8 Å². The molecule has 14 heavy (non-hydrogen) atoms. The van der Waals surface area contributed by atoms with Crippen LogP contribution in [0.15, 0.2) is 18.3 Å². The van der Waals surface area contributed by atoms with Gasteiger partial charge in [0.05, 0.1) is 5.69 Å². The van der Waals surface area contributed by atoms with Crippen LogP contribution in [0.25, 0.3) is 0 Å². The molecule has 0 aliphatic heterocycles. The molecule has 1 aromatic heterocycles. The molecule has 0 aliphatic carbocycles. The maximum absolute atomic E-state index is 6.16. The number of pyridine rings is 1. The van der Waals surface area contributed by atoms with E-state index in [0.717, 1.165) is 18.5 Å². The number of hydrogen-bond donors (Lipinski definition) is 1. The van der Waals surface area contributed by atoms with Crippen LogP contribution in [0, 0.1) is 5.92 Å². The predicted molar refractivity (Wildman–Crippen MR) is 60.0 cm³/mol. The Morgan fingerprint density at radius 2 is 2.14 bits per heavy atom. The Labute approximate surface area is 86.5 Å². The summed E-state index contributed by atoms with van der Waals surface area (Å²) < 4.78 is 0. The molecule has 0 radical (unpaired) electrons. The van der Waals surface area contributed by atoms with Crippen molar-refractivity contribution in [3.05, 3.63) is 29.6 Å². The van der Waals surface area contributed by atoms with Crippen LogP contribution in [0.4, 0.5) is 0 Å². The second kappa shape index (κ2) is 5.11. The van der Waals surface area contributed by atoms with Crippen LogP contribution in [0.1, 0.15) is 44.5 Å². The van der Waals surface area contributed by atoms with E-state index in [1.54, 1.807) is 0 Å². The van der Waals surface area contributed by atoms with Crippen LogP contribution in [-0.2, 0) is 6.42 Å². The number of nitrogens with zero attached hydrogens (tertiary/aromatic N) is 1. The molecule has 0 fully saturated rings. The van der Waals surface area contributed by atoms with Gasteiger partial charge in [-0.15, -0.1) is 0 Å². The van der Waals surface area contributed by atoms with Gasteiger partial charge < -0.3 is 5.73 Å². The van der Waals surface area contributed by atoms with Crippen molar-refractivity contribution < 1.29 is 0 Å². The van der Waals surface area contributed by atoms with Gasteiger partial charge in [0, 0.05) is 12.2 Å². The highest BCUT2D eigenvalue weighted by atomic mass is 14.8. The average molecular weight is 192 g/mol. The topological polar surface area (TPSA) is 38.9 Å². The fourth-order valence-electron chi connectivity index (χ4n) is 1.57. The van der Waals surface area contributed by atoms with E-state index in [1.807, 2.05) is 12.3 Å². The van der Waals surface area contributed by atoms with E-state index in [1.165, 1.54) is 5.56 Å². The highest BCUT2D eigenvalue weighted by Gasteiger charge is 2.16. The first-order chi connectivity index (χ1) is 6.70. The molecular weight excluding hydrogens is 172 g/mol. The first-order valence-corrected chi connectivity index (χ1v) is 5.40. The summed E-state index contributed by atoms with van der Waals surface area (Å²) in [5, 5.41) is 0. The van der Waals surface area contributed by atoms with Gasteiger partial charge in [-0.25, -0.2) is 0 Å². The van der Waals surface area contributed by atoms with Crippen molar-refractivity contribution in [2.24, 2.45) is 11.7 Å².